The lowest BCUT2D eigenvalue weighted by atomic mass is 9.72. The van der Waals surface area contributed by atoms with Crippen LogP contribution in [-0.2, 0) is 4.79 Å². The monoisotopic (exact) mass is 364 g/mol. The molecule has 6 nitrogen and oxygen atoms in total. The largest absolute Gasteiger partial charge is 0.341 e. The Labute approximate surface area is 158 Å². The number of nitrogens with zero attached hydrogens (tertiary/aromatic N) is 3. The van der Waals surface area contributed by atoms with E-state index in [2.05, 4.69) is 29.3 Å². The van der Waals surface area contributed by atoms with Crippen molar-refractivity contribution < 1.29 is 9.59 Å². The third-order valence-electron chi connectivity index (χ3n) is 6.21. The SMILES string of the molecule is CC(c1ccccc1)c1cc(C(=O)N2CC3(C2)CN(C(=O)C2CC2)C3)n[nH]1. The van der Waals surface area contributed by atoms with Crippen LogP contribution in [0, 0.1) is 11.3 Å². The van der Waals surface area contributed by atoms with E-state index in [-0.39, 0.29) is 23.2 Å². The number of H-pyrrole nitrogens is 1. The number of nitrogens with one attached hydrogen (secondary N) is 1. The van der Waals surface area contributed by atoms with Gasteiger partial charge in [-0.3, -0.25) is 14.7 Å². The van der Waals surface area contributed by atoms with Crippen molar-refractivity contribution in [2.45, 2.75) is 25.7 Å². The number of aromatic amines is 1. The number of carbonyl (C=O) groups is 2. The van der Waals surface area contributed by atoms with Gasteiger partial charge in [-0.15, -0.1) is 0 Å². The van der Waals surface area contributed by atoms with Crippen LogP contribution in [0.3, 0.4) is 0 Å². The molecule has 2 aromatic rings. The minimum Gasteiger partial charge on any atom is -0.341 e. The van der Waals surface area contributed by atoms with Crippen LogP contribution in [-0.4, -0.2) is 58.0 Å². The van der Waals surface area contributed by atoms with Crippen LogP contribution in [0.25, 0.3) is 0 Å². The molecule has 6 heteroatoms. The first kappa shape index (κ1) is 16.5. The van der Waals surface area contributed by atoms with Gasteiger partial charge in [-0.1, -0.05) is 37.3 Å². The lowest BCUT2D eigenvalue weighted by Crippen LogP contribution is -2.73. The fraction of sp³-hybridized carbons (Fsp3) is 0.476. The van der Waals surface area contributed by atoms with Crippen LogP contribution in [0.4, 0.5) is 0 Å². The Kier molecular flexibility index (Phi) is 3.64. The summed E-state index contributed by atoms with van der Waals surface area (Å²) in [6.07, 6.45) is 2.10. The van der Waals surface area contributed by atoms with Crippen LogP contribution in [0.2, 0.25) is 0 Å². The van der Waals surface area contributed by atoms with E-state index < -0.39 is 0 Å². The molecule has 3 heterocycles. The smallest absolute Gasteiger partial charge is 0.274 e. The summed E-state index contributed by atoms with van der Waals surface area (Å²) < 4.78 is 0. The highest BCUT2D eigenvalue weighted by Crippen LogP contribution is 2.43. The van der Waals surface area contributed by atoms with Crippen LogP contribution in [0.15, 0.2) is 36.4 Å². The third-order valence-corrected chi connectivity index (χ3v) is 6.21. The van der Waals surface area contributed by atoms with Crippen LogP contribution in [0.1, 0.15) is 47.4 Å². The van der Waals surface area contributed by atoms with E-state index in [1.54, 1.807) is 0 Å². The first-order chi connectivity index (χ1) is 13.0. The van der Waals surface area contributed by atoms with Crippen molar-refractivity contribution in [3.63, 3.8) is 0 Å². The van der Waals surface area contributed by atoms with E-state index in [0.29, 0.717) is 11.6 Å². The highest BCUT2D eigenvalue weighted by atomic mass is 16.2. The van der Waals surface area contributed by atoms with Gasteiger partial charge in [0, 0.05) is 49.1 Å². The topological polar surface area (TPSA) is 69.3 Å². The molecule has 3 aliphatic rings. The van der Waals surface area contributed by atoms with Crippen molar-refractivity contribution in [1.29, 1.82) is 0 Å². The average Bonchev–Trinajstić information content (AvgIpc) is 3.36. The molecular formula is C21H24N4O2. The van der Waals surface area contributed by atoms with Gasteiger partial charge in [0.2, 0.25) is 5.91 Å². The predicted octanol–water partition coefficient (Wildman–Crippen LogP) is 2.26. The van der Waals surface area contributed by atoms with E-state index in [1.165, 1.54) is 5.56 Å². The number of amides is 2. The summed E-state index contributed by atoms with van der Waals surface area (Å²) >= 11 is 0. The molecule has 1 atom stereocenters. The van der Waals surface area contributed by atoms with Crippen molar-refractivity contribution in [3.8, 4) is 0 Å². The fourth-order valence-electron chi connectivity index (χ4n) is 4.37. The molecule has 1 aromatic heterocycles. The van der Waals surface area contributed by atoms with Gasteiger partial charge in [0.15, 0.2) is 0 Å². The Morgan fingerprint density at radius 3 is 2.44 bits per heavy atom. The minimum atomic E-state index is -0.0182. The van der Waals surface area contributed by atoms with Gasteiger partial charge in [-0.25, -0.2) is 0 Å². The molecule has 0 radical (unpaired) electrons. The standard InChI is InChI=1S/C21H24N4O2/c1-14(15-5-3-2-4-6-15)17-9-18(23-22-17)20(27)25-12-21(13-25)10-24(11-21)19(26)16-7-8-16/h2-6,9,14,16H,7-8,10-13H2,1H3,(H,22,23). The number of hydrogen-bond donors (Lipinski definition) is 1. The molecular weight excluding hydrogens is 340 g/mol. The van der Waals surface area contributed by atoms with Gasteiger partial charge < -0.3 is 9.80 Å². The highest BCUT2D eigenvalue weighted by molar-refractivity contribution is 5.93. The van der Waals surface area contributed by atoms with Crippen molar-refractivity contribution >= 4 is 11.8 Å². The molecule has 27 heavy (non-hydrogen) atoms. The van der Waals surface area contributed by atoms with E-state index in [9.17, 15) is 9.59 Å². The number of carbonyl (C=O) groups excluding carboxylic acids is 2. The number of rotatable bonds is 4. The van der Waals surface area contributed by atoms with E-state index in [0.717, 1.165) is 44.7 Å². The Balaban J connectivity index is 1.18. The molecule has 1 spiro atoms. The summed E-state index contributed by atoms with van der Waals surface area (Å²) in [5, 5.41) is 7.28. The summed E-state index contributed by atoms with van der Waals surface area (Å²) in [6.45, 7) is 5.19. The number of hydrogen-bond acceptors (Lipinski definition) is 3. The first-order valence-corrected chi connectivity index (χ1v) is 9.73. The van der Waals surface area contributed by atoms with Crippen LogP contribution >= 0.6 is 0 Å². The van der Waals surface area contributed by atoms with Gasteiger partial charge >= 0.3 is 0 Å². The first-order valence-electron chi connectivity index (χ1n) is 9.73. The zero-order valence-electron chi connectivity index (χ0n) is 15.5. The van der Waals surface area contributed by atoms with Crippen molar-refractivity contribution in [3.05, 3.63) is 53.3 Å². The quantitative estimate of drug-likeness (QED) is 0.905. The second-order valence-electron chi connectivity index (χ2n) is 8.47. The number of benzene rings is 1. The van der Waals surface area contributed by atoms with Crippen molar-refractivity contribution in [2.75, 3.05) is 26.2 Å². The Hall–Kier alpha value is -2.63. The molecule has 2 saturated heterocycles. The maximum Gasteiger partial charge on any atom is 0.274 e. The molecule has 1 aromatic carbocycles. The summed E-state index contributed by atoms with van der Waals surface area (Å²) in [5.74, 6) is 0.749. The molecule has 1 N–H and O–H groups in total. The molecule has 1 saturated carbocycles. The molecule has 0 bridgehead atoms. The number of likely N-dealkylation sites (tertiary alicyclic amines) is 2. The fourth-order valence-corrected chi connectivity index (χ4v) is 4.37. The summed E-state index contributed by atoms with van der Waals surface area (Å²) in [6, 6.07) is 12.1. The average molecular weight is 364 g/mol. The maximum atomic E-state index is 12.7. The second-order valence-corrected chi connectivity index (χ2v) is 8.47. The van der Waals surface area contributed by atoms with Crippen molar-refractivity contribution in [2.24, 2.45) is 11.3 Å². The molecule has 5 rings (SSSR count). The predicted molar refractivity (Wildman–Crippen MR) is 100 cm³/mol. The number of aromatic nitrogens is 2. The van der Waals surface area contributed by atoms with Gasteiger partial charge in [-0.05, 0) is 24.5 Å². The van der Waals surface area contributed by atoms with Gasteiger partial charge in [0.05, 0.1) is 0 Å². The minimum absolute atomic E-state index is 0.0182. The zero-order chi connectivity index (χ0) is 18.6. The molecule has 2 aliphatic heterocycles. The third kappa shape index (κ3) is 2.83. The second kappa shape index (κ2) is 5.94. The summed E-state index contributed by atoms with van der Waals surface area (Å²) in [5.41, 5.74) is 2.76. The summed E-state index contributed by atoms with van der Waals surface area (Å²) in [7, 11) is 0. The van der Waals surface area contributed by atoms with Gasteiger partial charge in [-0.2, -0.15) is 5.10 Å². The molecule has 3 fully saturated rings. The van der Waals surface area contributed by atoms with E-state index >= 15 is 0 Å². The van der Waals surface area contributed by atoms with Gasteiger partial charge in [0.1, 0.15) is 5.69 Å². The van der Waals surface area contributed by atoms with Crippen molar-refractivity contribution in [1.82, 2.24) is 20.0 Å². The normalized spacial score (nSPS) is 21.5. The maximum absolute atomic E-state index is 12.7. The Bertz CT molecular complexity index is 873. The van der Waals surface area contributed by atoms with Crippen LogP contribution < -0.4 is 0 Å². The summed E-state index contributed by atoms with van der Waals surface area (Å²) in [4.78, 5) is 28.6. The van der Waals surface area contributed by atoms with Gasteiger partial charge in [0.25, 0.3) is 5.91 Å². The lowest BCUT2D eigenvalue weighted by Gasteiger charge is -2.60. The Morgan fingerprint density at radius 1 is 1.11 bits per heavy atom. The Morgan fingerprint density at radius 2 is 1.78 bits per heavy atom. The van der Waals surface area contributed by atoms with Crippen LogP contribution in [0.5, 0.6) is 0 Å². The highest BCUT2D eigenvalue weighted by Gasteiger charge is 2.55. The van der Waals surface area contributed by atoms with E-state index in [1.807, 2.05) is 34.1 Å². The van der Waals surface area contributed by atoms with E-state index in [4.69, 9.17) is 0 Å². The lowest BCUT2D eigenvalue weighted by molar-refractivity contribution is -0.155. The molecule has 2 amide bonds. The molecule has 1 unspecified atom stereocenters. The zero-order valence-corrected chi connectivity index (χ0v) is 15.5. The molecule has 140 valence electrons. The molecule has 1 aliphatic carbocycles.